The first-order valence-electron chi connectivity index (χ1n) is 7.85. The Kier molecular flexibility index (Phi) is 4.85. The monoisotopic (exact) mass is 378 g/mol. The standard InChI is InChI=1S/C14H22N2O4S3/c1-2-13-3-4-14(21-13)23(19,20)16-8-6-15(7-9-16)12-5-10-22(17,18)11-12/h3-4,12H,2,5-11H2,1H3. The van der Waals surface area contributed by atoms with E-state index in [4.69, 9.17) is 0 Å². The number of nitrogens with zero attached hydrogens (tertiary/aromatic N) is 2. The van der Waals surface area contributed by atoms with E-state index in [9.17, 15) is 16.8 Å². The van der Waals surface area contributed by atoms with Crippen LogP contribution in [0.5, 0.6) is 0 Å². The Bertz CT molecular complexity index is 762. The van der Waals surface area contributed by atoms with Crippen molar-refractivity contribution in [2.24, 2.45) is 0 Å². The van der Waals surface area contributed by atoms with Gasteiger partial charge in [-0.15, -0.1) is 11.3 Å². The highest BCUT2D eigenvalue weighted by Crippen LogP contribution is 2.27. The molecule has 3 heterocycles. The number of hydrogen-bond donors (Lipinski definition) is 0. The summed E-state index contributed by atoms with van der Waals surface area (Å²) in [5.74, 6) is 0.468. The molecule has 1 unspecified atom stereocenters. The third-order valence-corrected chi connectivity index (χ3v) is 9.92. The highest BCUT2D eigenvalue weighted by atomic mass is 32.2. The zero-order valence-corrected chi connectivity index (χ0v) is 15.6. The molecule has 1 aromatic rings. The second-order valence-electron chi connectivity index (χ2n) is 6.07. The quantitative estimate of drug-likeness (QED) is 0.775. The minimum absolute atomic E-state index is 0.0540. The Morgan fingerprint density at radius 2 is 1.91 bits per heavy atom. The Morgan fingerprint density at radius 1 is 1.22 bits per heavy atom. The summed E-state index contributed by atoms with van der Waals surface area (Å²) < 4.78 is 50.5. The lowest BCUT2D eigenvalue weighted by Crippen LogP contribution is -2.52. The first-order chi connectivity index (χ1) is 10.8. The fraction of sp³-hybridized carbons (Fsp3) is 0.714. The van der Waals surface area contributed by atoms with Crippen molar-refractivity contribution >= 4 is 31.2 Å². The second kappa shape index (κ2) is 6.44. The van der Waals surface area contributed by atoms with Gasteiger partial charge < -0.3 is 0 Å². The van der Waals surface area contributed by atoms with E-state index < -0.39 is 19.9 Å². The molecule has 0 spiro atoms. The van der Waals surface area contributed by atoms with Gasteiger partial charge in [0.05, 0.1) is 11.5 Å². The van der Waals surface area contributed by atoms with Gasteiger partial charge in [0.2, 0.25) is 0 Å². The molecule has 1 aromatic heterocycles. The van der Waals surface area contributed by atoms with E-state index in [1.54, 1.807) is 6.07 Å². The molecule has 6 nitrogen and oxygen atoms in total. The van der Waals surface area contributed by atoms with Crippen molar-refractivity contribution in [3.63, 3.8) is 0 Å². The first kappa shape index (κ1) is 17.3. The molecule has 1 atom stereocenters. The maximum absolute atomic E-state index is 12.7. The van der Waals surface area contributed by atoms with E-state index in [2.05, 4.69) is 4.90 Å². The Balaban J connectivity index is 1.64. The summed E-state index contributed by atoms with van der Waals surface area (Å²) in [6, 6.07) is 3.62. The van der Waals surface area contributed by atoms with Crippen molar-refractivity contribution in [2.45, 2.75) is 30.0 Å². The third-order valence-electron chi connectivity index (χ3n) is 4.58. The van der Waals surface area contributed by atoms with Gasteiger partial charge in [0.25, 0.3) is 10.0 Å². The number of rotatable bonds is 4. The molecule has 3 rings (SSSR count). The molecule has 0 aliphatic carbocycles. The molecule has 23 heavy (non-hydrogen) atoms. The second-order valence-corrected chi connectivity index (χ2v) is 11.6. The largest absolute Gasteiger partial charge is 0.297 e. The topological polar surface area (TPSA) is 74.8 Å². The van der Waals surface area contributed by atoms with Gasteiger partial charge in [0.15, 0.2) is 9.84 Å². The van der Waals surface area contributed by atoms with Gasteiger partial charge in [-0.3, -0.25) is 4.90 Å². The summed E-state index contributed by atoms with van der Waals surface area (Å²) in [7, 11) is -6.32. The van der Waals surface area contributed by atoms with E-state index in [1.165, 1.54) is 15.6 Å². The smallest absolute Gasteiger partial charge is 0.252 e. The zero-order valence-electron chi connectivity index (χ0n) is 13.1. The summed E-state index contributed by atoms with van der Waals surface area (Å²) >= 11 is 1.34. The van der Waals surface area contributed by atoms with Gasteiger partial charge >= 0.3 is 0 Å². The van der Waals surface area contributed by atoms with Crippen molar-refractivity contribution < 1.29 is 16.8 Å². The van der Waals surface area contributed by atoms with Crippen LogP contribution in [0.1, 0.15) is 18.2 Å². The number of thiophene rings is 1. The first-order valence-corrected chi connectivity index (χ1v) is 11.9. The fourth-order valence-corrected chi connectivity index (χ4v) is 7.82. The summed E-state index contributed by atoms with van der Waals surface area (Å²) in [6.45, 7) is 4.07. The van der Waals surface area contributed by atoms with E-state index in [0.29, 0.717) is 36.8 Å². The van der Waals surface area contributed by atoms with Crippen LogP contribution < -0.4 is 0 Å². The van der Waals surface area contributed by atoms with E-state index in [1.807, 2.05) is 13.0 Å². The molecule has 130 valence electrons. The maximum Gasteiger partial charge on any atom is 0.252 e. The average molecular weight is 379 g/mol. The van der Waals surface area contributed by atoms with Crippen molar-refractivity contribution in [1.82, 2.24) is 9.21 Å². The lowest BCUT2D eigenvalue weighted by Gasteiger charge is -2.36. The van der Waals surface area contributed by atoms with Gasteiger partial charge in [0, 0.05) is 37.1 Å². The predicted octanol–water partition coefficient (Wildman–Crippen LogP) is 0.804. The molecule has 2 saturated heterocycles. The molecule has 0 amide bonds. The Labute approximate surface area is 142 Å². The highest BCUT2D eigenvalue weighted by molar-refractivity contribution is 7.91. The Morgan fingerprint density at radius 3 is 2.43 bits per heavy atom. The number of aryl methyl sites for hydroxylation is 1. The summed E-state index contributed by atoms with van der Waals surface area (Å²) in [5, 5.41) is 0. The Hall–Kier alpha value is -0.480. The molecule has 0 bridgehead atoms. The molecule has 0 N–H and O–H groups in total. The van der Waals surface area contributed by atoms with Crippen molar-refractivity contribution in [2.75, 3.05) is 37.7 Å². The summed E-state index contributed by atoms with van der Waals surface area (Å²) in [6.07, 6.45) is 1.50. The van der Waals surface area contributed by atoms with Crippen LogP contribution in [-0.2, 0) is 26.3 Å². The molecule has 0 aromatic carbocycles. The van der Waals surface area contributed by atoms with Crippen LogP contribution in [0.2, 0.25) is 0 Å². The number of hydrogen-bond acceptors (Lipinski definition) is 6. The molecule has 2 aliphatic rings. The predicted molar refractivity (Wildman–Crippen MR) is 91.1 cm³/mol. The SMILES string of the molecule is CCc1ccc(S(=O)(=O)N2CCN(C3CCS(=O)(=O)C3)CC2)s1. The number of piperazine rings is 1. The normalized spacial score (nSPS) is 26.6. The maximum atomic E-state index is 12.7. The zero-order chi connectivity index (χ0) is 16.7. The number of sulfonamides is 1. The van der Waals surface area contributed by atoms with Crippen LogP contribution in [0.25, 0.3) is 0 Å². The van der Waals surface area contributed by atoms with Crippen LogP contribution in [0.3, 0.4) is 0 Å². The van der Waals surface area contributed by atoms with Crippen LogP contribution in [0.15, 0.2) is 16.3 Å². The molecular weight excluding hydrogens is 356 g/mol. The van der Waals surface area contributed by atoms with Gasteiger partial charge in [0.1, 0.15) is 4.21 Å². The van der Waals surface area contributed by atoms with Crippen LogP contribution in [0, 0.1) is 0 Å². The summed E-state index contributed by atoms with van der Waals surface area (Å²) in [5.41, 5.74) is 0. The summed E-state index contributed by atoms with van der Waals surface area (Å²) in [4.78, 5) is 3.20. The average Bonchev–Trinajstić information content (AvgIpc) is 3.14. The van der Waals surface area contributed by atoms with Crippen molar-refractivity contribution in [3.8, 4) is 0 Å². The van der Waals surface area contributed by atoms with Gasteiger partial charge in [-0.1, -0.05) is 6.92 Å². The lowest BCUT2D eigenvalue weighted by atomic mass is 10.2. The molecule has 2 aliphatic heterocycles. The molecule has 0 radical (unpaired) electrons. The third kappa shape index (κ3) is 3.63. The van der Waals surface area contributed by atoms with E-state index in [0.717, 1.165) is 11.3 Å². The molecule has 0 saturated carbocycles. The molecule has 2 fully saturated rings. The van der Waals surface area contributed by atoms with E-state index >= 15 is 0 Å². The van der Waals surface area contributed by atoms with Crippen LogP contribution in [-0.4, -0.2) is 69.8 Å². The van der Waals surface area contributed by atoms with Crippen molar-refractivity contribution in [1.29, 1.82) is 0 Å². The van der Waals surface area contributed by atoms with Gasteiger partial charge in [-0.05, 0) is 25.0 Å². The van der Waals surface area contributed by atoms with Crippen LogP contribution in [0.4, 0.5) is 0 Å². The minimum Gasteiger partial charge on any atom is -0.297 e. The minimum atomic E-state index is -3.41. The molecular formula is C14H22N2O4S3. The fourth-order valence-electron chi connectivity index (χ4n) is 3.19. The van der Waals surface area contributed by atoms with Crippen LogP contribution >= 0.6 is 11.3 Å². The number of sulfone groups is 1. The van der Waals surface area contributed by atoms with Gasteiger partial charge in [-0.2, -0.15) is 4.31 Å². The van der Waals surface area contributed by atoms with E-state index in [-0.39, 0.29) is 17.5 Å². The highest BCUT2D eigenvalue weighted by Gasteiger charge is 2.36. The lowest BCUT2D eigenvalue weighted by molar-refractivity contribution is 0.148. The van der Waals surface area contributed by atoms with Crippen molar-refractivity contribution in [3.05, 3.63) is 17.0 Å². The molecule has 9 heteroatoms. The van der Waals surface area contributed by atoms with Gasteiger partial charge in [-0.25, -0.2) is 16.8 Å².